The van der Waals surface area contributed by atoms with E-state index in [-0.39, 0.29) is 5.41 Å². The van der Waals surface area contributed by atoms with Crippen molar-refractivity contribution in [2.24, 2.45) is 5.41 Å². The first kappa shape index (κ1) is 14.6. The van der Waals surface area contributed by atoms with Gasteiger partial charge in [-0.3, -0.25) is 0 Å². The Kier molecular flexibility index (Phi) is 9.31. The topological polar surface area (TPSA) is 0 Å². The zero-order chi connectivity index (χ0) is 10.2. The van der Waals surface area contributed by atoms with Gasteiger partial charge in [0.15, 0.2) is 0 Å². The Balaban J connectivity index is 0. The molecule has 0 aliphatic rings. The predicted octanol–water partition coefficient (Wildman–Crippen LogP) is 3.32. The summed E-state index contributed by atoms with van der Waals surface area (Å²) < 4.78 is 2.05. The van der Waals surface area contributed by atoms with Crippen LogP contribution >= 0.6 is 0 Å². The zero-order valence-electron chi connectivity index (χ0n) is 8.72. The van der Waals surface area contributed by atoms with Crippen LogP contribution in [0.1, 0.15) is 34.6 Å². The first-order chi connectivity index (χ1) is 5.48. The van der Waals surface area contributed by atoms with E-state index in [4.69, 9.17) is 6.58 Å². The molecule has 0 aromatic heterocycles. The van der Waals surface area contributed by atoms with Crippen LogP contribution in [-0.4, -0.2) is 4.40 Å². The number of rotatable bonds is 2. The minimum atomic E-state index is 0.106. The zero-order valence-corrected chi connectivity index (χ0v) is 11.7. The van der Waals surface area contributed by atoms with Crippen molar-refractivity contribution < 1.29 is 19.4 Å². The molecule has 0 saturated carbocycles. The molecule has 12 heavy (non-hydrogen) atoms. The summed E-state index contributed by atoms with van der Waals surface area (Å²) in [4.78, 5) is 0. The first-order valence-corrected chi connectivity index (χ1v) is 5.92. The van der Waals surface area contributed by atoms with Crippen molar-refractivity contribution in [2.75, 3.05) is 0 Å². The van der Waals surface area contributed by atoms with Crippen LogP contribution in [0.3, 0.4) is 0 Å². The van der Waals surface area contributed by atoms with Gasteiger partial charge in [-0.1, -0.05) is 13.8 Å². The van der Waals surface area contributed by atoms with Gasteiger partial charge in [0, 0.05) is 0 Å². The van der Waals surface area contributed by atoms with E-state index in [1.807, 2.05) is 26.0 Å². The molecule has 0 bridgehead atoms. The van der Waals surface area contributed by atoms with Gasteiger partial charge in [-0.05, 0) is 0 Å². The monoisotopic (exact) mass is 335 g/mol. The summed E-state index contributed by atoms with van der Waals surface area (Å²) in [5, 5.41) is 0. The second kappa shape index (κ2) is 7.68. The third kappa shape index (κ3) is 8.14. The molecule has 0 aromatic rings. The Morgan fingerprint density at radius 2 is 1.67 bits per heavy atom. The van der Waals surface area contributed by atoms with Crippen molar-refractivity contribution in [3.8, 4) is 0 Å². The molecule has 0 aliphatic heterocycles. The summed E-state index contributed by atoms with van der Waals surface area (Å²) in [7, 11) is 0. The Hall–Kier alpha value is 0.0383. The standard InChI is InChI=1S/C9H13.C2H6.W/c1-6-7-8(2)9(3,4)5;1-2;/h1-2,6-7H,3-5H3;1-2H3;/q-1;;. The molecule has 0 fully saturated rings. The van der Waals surface area contributed by atoms with E-state index in [0.29, 0.717) is 0 Å². The number of hydrogen-bond donors (Lipinski definition) is 0. The van der Waals surface area contributed by atoms with Crippen molar-refractivity contribution in [1.29, 1.82) is 0 Å². The Bertz CT molecular complexity index is 158. The van der Waals surface area contributed by atoms with Gasteiger partial charge in [-0.25, -0.2) is 0 Å². The van der Waals surface area contributed by atoms with Crippen LogP contribution in [0.5, 0.6) is 0 Å². The van der Waals surface area contributed by atoms with Crippen molar-refractivity contribution in [3.05, 3.63) is 24.3 Å². The molecule has 0 atom stereocenters. The normalized spacial score (nSPS) is 10.4. The van der Waals surface area contributed by atoms with Crippen molar-refractivity contribution in [2.45, 2.75) is 34.6 Å². The Morgan fingerprint density at radius 3 is 1.92 bits per heavy atom. The fourth-order valence-corrected chi connectivity index (χ4v) is 0.675. The van der Waals surface area contributed by atoms with Gasteiger partial charge in [-0.2, -0.15) is 0 Å². The maximum absolute atomic E-state index is 5.76. The van der Waals surface area contributed by atoms with Crippen molar-refractivity contribution >= 4 is 4.40 Å². The molecule has 1 heteroatoms. The summed E-state index contributed by atoms with van der Waals surface area (Å²) >= 11 is 1.45. The summed E-state index contributed by atoms with van der Waals surface area (Å²) in [5.74, 6) is 0. The summed E-state index contributed by atoms with van der Waals surface area (Å²) in [6.07, 6.45) is 3.96. The Labute approximate surface area is 88.2 Å². The molecule has 0 rings (SSSR count). The molecule has 0 spiro atoms. The van der Waals surface area contributed by atoms with Gasteiger partial charge in [0.2, 0.25) is 0 Å². The molecular weight excluding hydrogens is 316 g/mol. The average molecular weight is 335 g/mol. The van der Waals surface area contributed by atoms with E-state index in [0.717, 1.165) is 5.57 Å². The molecule has 0 unspecified atom stereocenters. The molecule has 0 heterocycles. The van der Waals surface area contributed by atoms with E-state index < -0.39 is 0 Å². The van der Waals surface area contributed by atoms with Crippen LogP contribution < -0.4 is 0 Å². The van der Waals surface area contributed by atoms with Gasteiger partial charge in [0.25, 0.3) is 0 Å². The third-order valence-electron chi connectivity index (χ3n) is 1.22. The average Bonchev–Trinajstić information content (AvgIpc) is 2.02. The van der Waals surface area contributed by atoms with Crippen molar-refractivity contribution in [3.63, 3.8) is 0 Å². The fraction of sp³-hybridized carbons (Fsp3) is 0.545. The van der Waals surface area contributed by atoms with Gasteiger partial charge in [0.05, 0.1) is 0 Å². The van der Waals surface area contributed by atoms with Crippen LogP contribution in [0.25, 0.3) is 0 Å². The van der Waals surface area contributed by atoms with Crippen LogP contribution in [0.2, 0.25) is 0 Å². The molecule has 0 aliphatic carbocycles. The summed E-state index contributed by atoms with van der Waals surface area (Å²) in [6.45, 7) is 16.1. The van der Waals surface area contributed by atoms with E-state index >= 15 is 0 Å². The number of hydrogen-bond acceptors (Lipinski definition) is 0. The summed E-state index contributed by atoms with van der Waals surface area (Å²) in [6, 6.07) is 0. The van der Waals surface area contributed by atoms with Gasteiger partial charge in [0.1, 0.15) is 0 Å². The second-order valence-electron chi connectivity index (χ2n) is 3.20. The molecule has 0 N–H and O–H groups in total. The van der Waals surface area contributed by atoms with E-state index in [9.17, 15) is 0 Å². The predicted molar refractivity (Wildman–Crippen MR) is 53.8 cm³/mol. The molecule has 0 radical (unpaired) electrons. The van der Waals surface area contributed by atoms with Gasteiger partial charge in [-0.15, -0.1) is 0 Å². The van der Waals surface area contributed by atoms with Gasteiger partial charge >= 0.3 is 74.2 Å². The summed E-state index contributed by atoms with van der Waals surface area (Å²) in [5.41, 5.74) is 1.04. The minimum absolute atomic E-state index is 0.106. The van der Waals surface area contributed by atoms with Crippen LogP contribution in [0, 0.1) is 12.0 Å². The molecule has 0 saturated heterocycles. The number of allylic oxidation sites excluding steroid dienone is 3. The SMILES string of the molecule is CC.[CH-]=C(C=C[CH]=[W])C(C)(C)C. The maximum atomic E-state index is 5.76. The first-order valence-electron chi connectivity index (χ1n) is 4.23. The quantitative estimate of drug-likeness (QED) is 0.537. The Morgan fingerprint density at radius 1 is 1.25 bits per heavy atom. The van der Waals surface area contributed by atoms with Crippen molar-refractivity contribution in [1.82, 2.24) is 0 Å². The molecular formula is C11H19W-. The van der Waals surface area contributed by atoms with E-state index in [2.05, 4.69) is 25.2 Å². The van der Waals surface area contributed by atoms with Crippen LogP contribution in [-0.2, 0) is 19.4 Å². The van der Waals surface area contributed by atoms with Crippen LogP contribution in [0.15, 0.2) is 17.7 Å². The molecule has 0 nitrogen and oxygen atoms in total. The molecule has 70 valence electrons. The van der Waals surface area contributed by atoms with E-state index in [1.165, 1.54) is 19.4 Å². The van der Waals surface area contributed by atoms with E-state index in [1.54, 1.807) is 0 Å². The van der Waals surface area contributed by atoms with Crippen LogP contribution in [0.4, 0.5) is 0 Å². The molecule has 0 amide bonds. The second-order valence-corrected chi connectivity index (χ2v) is 4.18. The molecule has 0 aromatic carbocycles. The third-order valence-corrected chi connectivity index (χ3v) is 1.78. The van der Waals surface area contributed by atoms with Gasteiger partial charge < -0.3 is 0 Å². The fourth-order valence-electron chi connectivity index (χ4n) is 0.393.